The predicted octanol–water partition coefficient (Wildman–Crippen LogP) is 3.85. The van der Waals surface area contributed by atoms with Crippen LogP contribution in [0.5, 0.6) is 0 Å². The maximum absolute atomic E-state index is 13.4. The Labute approximate surface area is 121 Å². The van der Waals surface area contributed by atoms with Crippen LogP contribution in [0.3, 0.4) is 0 Å². The molecule has 2 aromatic carbocycles. The Morgan fingerprint density at radius 3 is 2.47 bits per heavy atom. The van der Waals surface area contributed by atoms with Crippen molar-refractivity contribution in [3.05, 3.63) is 58.3 Å². The van der Waals surface area contributed by atoms with Gasteiger partial charge in [0.1, 0.15) is 5.82 Å². The first-order valence-electron chi connectivity index (χ1n) is 6.07. The van der Waals surface area contributed by atoms with Crippen LogP contribution in [0.15, 0.2) is 46.9 Å². The van der Waals surface area contributed by atoms with Crippen molar-refractivity contribution >= 4 is 27.3 Å². The number of halogens is 2. The molecule has 4 heteroatoms. The van der Waals surface area contributed by atoms with Gasteiger partial charge in [-0.15, -0.1) is 0 Å². The van der Waals surface area contributed by atoms with Crippen molar-refractivity contribution in [3.63, 3.8) is 0 Å². The molecule has 0 aliphatic heterocycles. The van der Waals surface area contributed by atoms with Gasteiger partial charge in [-0.3, -0.25) is 0 Å². The summed E-state index contributed by atoms with van der Waals surface area (Å²) >= 11 is 3.41. The summed E-state index contributed by atoms with van der Waals surface area (Å²) in [6.45, 7) is 0.824. The highest BCUT2D eigenvalue weighted by molar-refractivity contribution is 9.10. The second-order valence-corrected chi connectivity index (χ2v) is 5.42. The van der Waals surface area contributed by atoms with E-state index in [0.717, 1.165) is 23.1 Å². The molecule has 19 heavy (non-hydrogen) atoms. The number of nitrogens with two attached hydrogens (primary N) is 1. The Kier molecular flexibility index (Phi) is 4.43. The molecule has 2 rings (SSSR count). The zero-order chi connectivity index (χ0) is 13.8. The van der Waals surface area contributed by atoms with Crippen molar-refractivity contribution in [1.82, 2.24) is 0 Å². The molecule has 0 saturated heterocycles. The van der Waals surface area contributed by atoms with Gasteiger partial charge in [-0.2, -0.15) is 0 Å². The molecule has 0 unspecified atom stereocenters. The molecule has 0 aromatic heterocycles. The van der Waals surface area contributed by atoms with E-state index in [1.54, 1.807) is 6.07 Å². The first-order chi connectivity index (χ1) is 9.06. The molecule has 2 aromatic rings. The number of anilines is 2. The van der Waals surface area contributed by atoms with E-state index in [1.807, 2.05) is 30.1 Å². The molecule has 100 valence electrons. The lowest BCUT2D eigenvalue weighted by Gasteiger charge is -2.19. The van der Waals surface area contributed by atoms with Crippen LogP contribution in [-0.2, 0) is 6.42 Å². The van der Waals surface area contributed by atoms with E-state index in [2.05, 4.69) is 28.1 Å². The highest BCUT2D eigenvalue weighted by Crippen LogP contribution is 2.19. The van der Waals surface area contributed by atoms with E-state index < -0.39 is 0 Å². The number of benzene rings is 2. The molecule has 2 N–H and O–H groups in total. The summed E-state index contributed by atoms with van der Waals surface area (Å²) in [4.78, 5) is 2.02. The second-order valence-electron chi connectivity index (χ2n) is 4.50. The fraction of sp³-hybridized carbons (Fsp3) is 0.200. The molecule has 0 aliphatic carbocycles. The first-order valence-corrected chi connectivity index (χ1v) is 6.86. The van der Waals surface area contributed by atoms with E-state index in [-0.39, 0.29) is 11.5 Å². The molecule has 0 saturated carbocycles. The van der Waals surface area contributed by atoms with Crippen LogP contribution < -0.4 is 10.6 Å². The number of nitrogens with zero attached hydrogens (tertiary/aromatic N) is 1. The molecule has 0 atom stereocenters. The van der Waals surface area contributed by atoms with Gasteiger partial charge in [0.25, 0.3) is 0 Å². The van der Waals surface area contributed by atoms with Crippen molar-refractivity contribution < 1.29 is 4.39 Å². The van der Waals surface area contributed by atoms with Gasteiger partial charge in [-0.25, -0.2) is 4.39 Å². The number of hydrogen-bond donors (Lipinski definition) is 1. The number of nitrogen functional groups attached to an aromatic ring is 1. The van der Waals surface area contributed by atoms with Crippen LogP contribution in [0.1, 0.15) is 5.56 Å². The highest BCUT2D eigenvalue weighted by atomic mass is 79.9. The Morgan fingerprint density at radius 2 is 1.84 bits per heavy atom. The van der Waals surface area contributed by atoms with Crippen molar-refractivity contribution in [2.24, 2.45) is 0 Å². The quantitative estimate of drug-likeness (QED) is 0.866. The summed E-state index contributed by atoms with van der Waals surface area (Å²) in [5.74, 6) is -0.368. The Balaban J connectivity index is 1.98. The van der Waals surface area contributed by atoms with Crippen LogP contribution in [0.25, 0.3) is 0 Å². The van der Waals surface area contributed by atoms with E-state index in [9.17, 15) is 4.39 Å². The molecular weight excluding hydrogens is 307 g/mol. The average molecular weight is 323 g/mol. The van der Waals surface area contributed by atoms with Gasteiger partial charge in [0.2, 0.25) is 0 Å². The number of hydrogen-bond acceptors (Lipinski definition) is 2. The van der Waals surface area contributed by atoms with Gasteiger partial charge in [0, 0.05) is 23.8 Å². The third kappa shape index (κ3) is 3.70. The fourth-order valence-corrected chi connectivity index (χ4v) is 2.09. The summed E-state index contributed by atoms with van der Waals surface area (Å²) in [6.07, 6.45) is 0.912. The first kappa shape index (κ1) is 13.9. The van der Waals surface area contributed by atoms with Gasteiger partial charge in [0.15, 0.2) is 0 Å². The predicted molar refractivity (Wildman–Crippen MR) is 81.9 cm³/mol. The summed E-state index contributed by atoms with van der Waals surface area (Å²) in [5.41, 5.74) is 7.75. The molecular formula is C15H16BrFN2. The van der Waals surface area contributed by atoms with Crippen molar-refractivity contribution in [3.8, 4) is 0 Å². The van der Waals surface area contributed by atoms with E-state index in [0.29, 0.717) is 0 Å². The maximum atomic E-state index is 13.4. The van der Waals surface area contributed by atoms with Gasteiger partial charge in [0.05, 0.1) is 5.69 Å². The lowest BCUT2D eigenvalue weighted by atomic mass is 10.1. The van der Waals surface area contributed by atoms with Gasteiger partial charge in [-0.1, -0.05) is 28.1 Å². The topological polar surface area (TPSA) is 29.3 Å². The van der Waals surface area contributed by atoms with Crippen LogP contribution in [0.2, 0.25) is 0 Å². The van der Waals surface area contributed by atoms with E-state index in [1.165, 1.54) is 11.6 Å². The largest absolute Gasteiger partial charge is 0.396 e. The summed E-state index contributed by atoms with van der Waals surface area (Å²) in [6, 6.07) is 13.1. The molecule has 0 aliphatic rings. The third-order valence-corrected chi connectivity index (χ3v) is 3.60. The lowest BCUT2D eigenvalue weighted by molar-refractivity contribution is 0.632. The molecule has 0 fully saturated rings. The number of likely N-dealkylation sites (N-methyl/N-ethyl adjacent to an activating group) is 1. The molecule has 0 spiro atoms. The smallest absolute Gasteiger partial charge is 0.148 e. The van der Waals surface area contributed by atoms with Crippen molar-refractivity contribution in [2.45, 2.75) is 6.42 Å². The standard InChI is InChI=1S/C15H16BrFN2/c1-19(13-6-7-15(18)14(17)10-13)9-8-11-2-4-12(16)5-3-11/h2-7,10H,8-9,18H2,1H3. The number of rotatable bonds is 4. The van der Waals surface area contributed by atoms with Crippen LogP contribution in [-0.4, -0.2) is 13.6 Å². The Morgan fingerprint density at radius 1 is 1.16 bits per heavy atom. The molecule has 0 radical (unpaired) electrons. The van der Waals surface area contributed by atoms with Crippen molar-refractivity contribution in [2.75, 3.05) is 24.2 Å². The van der Waals surface area contributed by atoms with Gasteiger partial charge < -0.3 is 10.6 Å². The Hall–Kier alpha value is -1.55. The normalized spacial score (nSPS) is 10.5. The summed E-state index contributed by atoms with van der Waals surface area (Å²) < 4.78 is 14.5. The average Bonchev–Trinajstić information content (AvgIpc) is 2.41. The zero-order valence-electron chi connectivity index (χ0n) is 10.7. The maximum Gasteiger partial charge on any atom is 0.148 e. The second kappa shape index (κ2) is 6.06. The third-order valence-electron chi connectivity index (χ3n) is 3.07. The minimum Gasteiger partial charge on any atom is -0.396 e. The zero-order valence-corrected chi connectivity index (χ0v) is 12.3. The van der Waals surface area contributed by atoms with E-state index >= 15 is 0 Å². The van der Waals surface area contributed by atoms with Crippen molar-refractivity contribution in [1.29, 1.82) is 0 Å². The highest BCUT2D eigenvalue weighted by Gasteiger charge is 2.05. The van der Waals surface area contributed by atoms with E-state index in [4.69, 9.17) is 5.73 Å². The molecule has 2 nitrogen and oxygen atoms in total. The Bertz CT molecular complexity index is 555. The van der Waals surface area contributed by atoms with Crippen LogP contribution in [0.4, 0.5) is 15.8 Å². The summed E-state index contributed by atoms with van der Waals surface area (Å²) in [5, 5.41) is 0. The van der Waals surface area contributed by atoms with Crippen LogP contribution in [0, 0.1) is 5.82 Å². The monoisotopic (exact) mass is 322 g/mol. The summed E-state index contributed by atoms with van der Waals surface area (Å²) in [7, 11) is 1.95. The molecule has 0 bridgehead atoms. The van der Waals surface area contributed by atoms with Crippen LogP contribution >= 0.6 is 15.9 Å². The molecule has 0 amide bonds. The molecule has 0 heterocycles. The van der Waals surface area contributed by atoms with Gasteiger partial charge in [-0.05, 0) is 42.3 Å². The minimum atomic E-state index is -0.368. The van der Waals surface area contributed by atoms with Gasteiger partial charge >= 0.3 is 0 Å². The minimum absolute atomic E-state index is 0.185. The lowest BCUT2D eigenvalue weighted by Crippen LogP contribution is -2.20. The SMILES string of the molecule is CN(CCc1ccc(Br)cc1)c1ccc(N)c(F)c1. The fourth-order valence-electron chi connectivity index (χ4n) is 1.83.